The summed E-state index contributed by atoms with van der Waals surface area (Å²) < 4.78 is 0. The highest BCUT2D eigenvalue weighted by Gasteiger charge is 2.10. The first kappa shape index (κ1) is 16.0. The largest absolute Gasteiger partial charge is 0.337 e. The molecule has 0 N–H and O–H groups in total. The summed E-state index contributed by atoms with van der Waals surface area (Å²) in [5.74, 6) is 0.113. The minimum absolute atomic E-state index is 0.113. The van der Waals surface area contributed by atoms with E-state index >= 15 is 0 Å². The highest BCUT2D eigenvalue weighted by atomic mass is 35.5. The maximum absolute atomic E-state index is 11.7. The van der Waals surface area contributed by atoms with Crippen molar-refractivity contribution in [3.8, 4) is 0 Å². The Morgan fingerprint density at radius 2 is 1.68 bits per heavy atom. The molecule has 19 heavy (non-hydrogen) atoms. The van der Waals surface area contributed by atoms with Crippen molar-refractivity contribution in [2.75, 3.05) is 26.2 Å². The Kier molecular flexibility index (Phi) is 6.89. The first-order valence-electron chi connectivity index (χ1n) is 6.79. The van der Waals surface area contributed by atoms with Crippen LogP contribution in [0.25, 0.3) is 0 Å². The molecule has 4 heteroatoms. The number of likely N-dealkylation sites (N-methyl/N-ethyl adjacent to an activating group) is 1. The number of hydrogen-bond donors (Lipinski definition) is 0. The van der Waals surface area contributed by atoms with Crippen LogP contribution in [0.2, 0.25) is 5.02 Å². The van der Waals surface area contributed by atoms with Crippen molar-refractivity contribution in [1.82, 2.24) is 9.80 Å². The van der Waals surface area contributed by atoms with Gasteiger partial charge in [-0.3, -0.25) is 4.79 Å². The van der Waals surface area contributed by atoms with Crippen molar-refractivity contribution in [2.45, 2.75) is 27.3 Å². The predicted octanol–water partition coefficient (Wildman–Crippen LogP) is 3.03. The lowest BCUT2D eigenvalue weighted by molar-refractivity contribution is -0.129. The maximum Gasteiger partial charge on any atom is 0.219 e. The molecule has 0 bridgehead atoms. The van der Waals surface area contributed by atoms with Gasteiger partial charge < -0.3 is 9.80 Å². The number of carbonyl (C=O) groups is 1. The van der Waals surface area contributed by atoms with Gasteiger partial charge in [0.25, 0.3) is 0 Å². The van der Waals surface area contributed by atoms with Gasteiger partial charge in [0, 0.05) is 31.6 Å². The quantitative estimate of drug-likeness (QED) is 0.767. The van der Waals surface area contributed by atoms with Gasteiger partial charge in [-0.05, 0) is 30.8 Å². The third-order valence-corrected chi connectivity index (χ3v) is 3.56. The second kappa shape index (κ2) is 8.18. The minimum atomic E-state index is 0.113. The van der Waals surface area contributed by atoms with Gasteiger partial charge in [-0.2, -0.15) is 0 Å². The van der Waals surface area contributed by atoms with E-state index in [9.17, 15) is 4.79 Å². The second-order valence-corrected chi connectivity index (χ2v) is 5.03. The SMILES string of the molecule is CCN(CC)CCN(Cc1ccc(Cl)cc1)C(C)=O. The standard InChI is InChI=1S/C15H23ClN2O/c1-4-17(5-2)10-11-18(13(3)19)12-14-6-8-15(16)9-7-14/h6-9H,4-5,10-12H2,1-3H3. The van der Waals surface area contributed by atoms with Crippen LogP contribution >= 0.6 is 11.6 Å². The molecule has 1 aromatic carbocycles. The highest BCUT2D eigenvalue weighted by molar-refractivity contribution is 6.30. The number of carbonyl (C=O) groups excluding carboxylic acids is 1. The van der Waals surface area contributed by atoms with Gasteiger partial charge in [0.2, 0.25) is 5.91 Å². The number of rotatable bonds is 7. The van der Waals surface area contributed by atoms with E-state index in [4.69, 9.17) is 11.6 Å². The van der Waals surface area contributed by atoms with E-state index in [1.807, 2.05) is 29.2 Å². The van der Waals surface area contributed by atoms with Gasteiger partial charge in [0.05, 0.1) is 0 Å². The van der Waals surface area contributed by atoms with Crippen molar-refractivity contribution in [3.63, 3.8) is 0 Å². The highest BCUT2D eigenvalue weighted by Crippen LogP contribution is 2.11. The lowest BCUT2D eigenvalue weighted by Gasteiger charge is -2.25. The molecular weight excluding hydrogens is 260 g/mol. The molecule has 0 saturated heterocycles. The summed E-state index contributed by atoms with van der Waals surface area (Å²) in [6, 6.07) is 7.66. The molecule has 1 amide bonds. The first-order chi connectivity index (χ1) is 9.06. The smallest absolute Gasteiger partial charge is 0.219 e. The van der Waals surface area contributed by atoms with Crippen LogP contribution in [0.3, 0.4) is 0 Å². The summed E-state index contributed by atoms with van der Waals surface area (Å²) in [5.41, 5.74) is 1.11. The Morgan fingerprint density at radius 1 is 1.11 bits per heavy atom. The van der Waals surface area contributed by atoms with Gasteiger partial charge in [-0.15, -0.1) is 0 Å². The number of halogens is 1. The molecule has 1 rings (SSSR count). The normalized spacial score (nSPS) is 10.8. The first-order valence-corrected chi connectivity index (χ1v) is 7.16. The summed E-state index contributed by atoms with van der Waals surface area (Å²) >= 11 is 5.86. The van der Waals surface area contributed by atoms with E-state index in [0.29, 0.717) is 6.54 Å². The van der Waals surface area contributed by atoms with Gasteiger partial charge in [0.1, 0.15) is 0 Å². The lowest BCUT2D eigenvalue weighted by Crippen LogP contribution is -2.37. The average molecular weight is 283 g/mol. The van der Waals surface area contributed by atoms with E-state index in [0.717, 1.165) is 36.8 Å². The minimum Gasteiger partial charge on any atom is -0.337 e. The van der Waals surface area contributed by atoms with Crippen LogP contribution in [0, 0.1) is 0 Å². The van der Waals surface area contributed by atoms with E-state index in [2.05, 4.69) is 18.7 Å². The molecule has 0 saturated carbocycles. The molecule has 0 aromatic heterocycles. The van der Waals surface area contributed by atoms with Crippen molar-refractivity contribution in [2.24, 2.45) is 0 Å². The van der Waals surface area contributed by atoms with E-state index in [1.165, 1.54) is 0 Å². The molecule has 0 atom stereocenters. The zero-order valence-corrected chi connectivity index (χ0v) is 12.8. The summed E-state index contributed by atoms with van der Waals surface area (Å²) in [4.78, 5) is 15.9. The van der Waals surface area contributed by atoms with Gasteiger partial charge in [-0.1, -0.05) is 37.6 Å². The van der Waals surface area contributed by atoms with E-state index in [1.54, 1.807) is 6.92 Å². The van der Waals surface area contributed by atoms with Gasteiger partial charge in [-0.25, -0.2) is 0 Å². The predicted molar refractivity (Wildman–Crippen MR) is 80.3 cm³/mol. The van der Waals surface area contributed by atoms with Crippen LogP contribution in [-0.2, 0) is 11.3 Å². The van der Waals surface area contributed by atoms with Crippen LogP contribution in [0.5, 0.6) is 0 Å². The maximum atomic E-state index is 11.7. The summed E-state index contributed by atoms with van der Waals surface area (Å²) in [6.07, 6.45) is 0. The molecule has 0 heterocycles. The number of hydrogen-bond acceptors (Lipinski definition) is 2. The summed E-state index contributed by atoms with van der Waals surface area (Å²) in [5, 5.41) is 0.723. The second-order valence-electron chi connectivity index (χ2n) is 4.59. The average Bonchev–Trinajstić information content (AvgIpc) is 2.40. The number of nitrogens with zero attached hydrogens (tertiary/aromatic N) is 2. The third kappa shape index (κ3) is 5.62. The molecule has 0 radical (unpaired) electrons. The topological polar surface area (TPSA) is 23.6 Å². The lowest BCUT2D eigenvalue weighted by atomic mass is 10.2. The number of amides is 1. The molecule has 0 fully saturated rings. The van der Waals surface area contributed by atoms with Crippen LogP contribution in [0.1, 0.15) is 26.3 Å². The zero-order chi connectivity index (χ0) is 14.3. The zero-order valence-electron chi connectivity index (χ0n) is 12.0. The molecule has 0 spiro atoms. The van der Waals surface area contributed by atoms with Crippen molar-refractivity contribution >= 4 is 17.5 Å². The van der Waals surface area contributed by atoms with Crippen LogP contribution in [-0.4, -0.2) is 41.9 Å². The third-order valence-electron chi connectivity index (χ3n) is 3.31. The van der Waals surface area contributed by atoms with Crippen LogP contribution in [0.15, 0.2) is 24.3 Å². The van der Waals surface area contributed by atoms with Crippen LogP contribution < -0.4 is 0 Å². The van der Waals surface area contributed by atoms with Crippen molar-refractivity contribution in [3.05, 3.63) is 34.9 Å². The molecule has 0 aliphatic rings. The molecule has 1 aromatic rings. The fourth-order valence-corrected chi connectivity index (χ4v) is 2.09. The Labute approximate surface area is 121 Å². The van der Waals surface area contributed by atoms with Crippen molar-refractivity contribution in [1.29, 1.82) is 0 Å². The van der Waals surface area contributed by atoms with Crippen LogP contribution in [0.4, 0.5) is 0 Å². The Morgan fingerprint density at radius 3 is 2.16 bits per heavy atom. The molecule has 106 valence electrons. The number of benzene rings is 1. The fraction of sp³-hybridized carbons (Fsp3) is 0.533. The van der Waals surface area contributed by atoms with Crippen molar-refractivity contribution < 1.29 is 4.79 Å². The fourth-order valence-electron chi connectivity index (χ4n) is 1.96. The molecule has 0 unspecified atom stereocenters. The molecular formula is C15H23ClN2O. The Bertz CT molecular complexity index is 388. The molecule has 3 nitrogen and oxygen atoms in total. The monoisotopic (exact) mass is 282 g/mol. The van der Waals surface area contributed by atoms with E-state index < -0.39 is 0 Å². The Hall–Kier alpha value is -1.06. The molecule has 0 aliphatic carbocycles. The summed E-state index contributed by atoms with van der Waals surface area (Å²) in [7, 11) is 0. The van der Waals surface area contributed by atoms with Gasteiger partial charge >= 0.3 is 0 Å². The molecule has 0 aliphatic heterocycles. The Balaban J connectivity index is 2.58. The van der Waals surface area contributed by atoms with Gasteiger partial charge in [0.15, 0.2) is 0 Å². The van der Waals surface area contributed by atoms with E-state index in [-0.39, 0.29) is 5.91 Å². The summed E-state index contributed by atoms with van der Waals surface area (Å²) in [6.45, 7) is 10.3.